The molecular weight excluding hydrogens is 286 g/mol. The number of nitrogens with zero attached hydrogens (tertiary/aromatic N) is 1. The van der Waals surface area contributed by atoms with Gasteiger partial charge in [-0.25, -0.2) is 0 Å². The van der Waals surface area contributed by atoms with E-state index in [1.54, 1.807) is 4.31 Å². The SMILES string of the molecule is CCCNCC1CCN(S(=O)(=O)NC(C)C(C)(C)C)CC1. The van der Waals surface area contributed by atoms with Gasteiger partial charge in [0.25, 0.3) is 10.2 Å². The third kappa shape index (κ3) is 6.22. The molecule has 1 saturated heterocycles. The summed E-state index contributed by atoms with van der Waals surface area (Å²) >= 11 is 0. The number of piperidine rings is 1. The third-order valence-electron chi connectivity index (χ3n) is 4.40. The summed E-state index contributed by atoms with van der Waals surface area (Å²) in [6.07, 6.45) is 3.03. The lowest BCUT2D eigenvalue weighted by Crippen LogP contribution is -2.51. The standard InChI is InChI=1S/C15H33N3O2S/c1-6-9-16-12-14-7-10-18(11-8-14)21(19,20)17-13(2)15(3,4)5/h13-14,16-17H,6-12H2,1-5H3. The quantitative estimate of drug-likeness (QED) is 0.705. The van der Waals surface area contributed by atoms with Gasteiger partial charge in [0.15, 0.2) is 0 Å². The first-order chi connectivity index (χ1) is 9.66. The van der Waals surface area contributed by atoms with Crippen molar-refractivity contribution in [3.8, 4) is 0 Å². The molecule has 1 aliphatic rings. The summed E-state index contributed by atoms with van der Waals surface area (Å²) < 4.78 is 29.2. The maximum atomic E-state index is 12.4. The summed E-state index contributed by atoms with van der Waals surface area (Å²) in [5, 5.41) is 3.43. The van der Waals surface area contributed by atoms with Crippen molar-refractivity contribution in [2.24, 2.45) is 11.3 Å². The third-order valence-corrected chi connectivity index (χ3v) is 6.09. The van der Waals surface area contributed by atoms with Crippen LogP contribution in [0.4, 0.5) is 0 Å². The van der Waals surface area contributed by atoms with E-state index in [9.17, 15) is 8.42 Å². The molecule has 0 radical (unpaired) electrons. The van der Waals surface area contributed by atoms with Crippen molar-refractivity contribution < 1.29 is 8.42 Å². The lowest BCUT2D eigenvalue weighted by atomic mass is 9.89. The van der Waals surface area contributed by atoms with Crippen LogP contribution in [0.1, 0.15) is 53.9 Å². The van der Waals surface area contributed by atoms with E-state index in [0.717, 1.165) is 32.4 Å². The molecule has 0 aromatic carbocycles. The normalized spacial score (nSPS) is 20.6. The van der Waals surface area contributed by atoms with Crippen LogP contribution in [0.15, 0.2) is 0 Å². The summed E-state index contributed by atoms with van der Waals surface area (Å²) in [5.74, 6) is 0.600. The number of hydrogen-bond acceptors (Lipinski definition) is 3. The fourth-order valence-corrected chi connectivity index (χ4v) is 3.95. The second-order valence-corrected chi connectivity index (χ2v) is 8.96. The molecule has 0 aromatic rings. The molecule has 1 rings (SSSR count). The van der Waals surface area contributed by atoms with E-state index in [-0.39, 0.29) is 11.5 Å². The molecular formula is C15H33N3O2S. The first-order valence-corrected chi connectivity index (χ1v) is 9.59. The van der Waals surface area contributed by atoms with E-state index in [1.807, 2.05) is 27.7 Å². The zero-order chi connectivity index (χ0) is 16.1. The van der Waals surface area contributed by atoms with Gasteiger partial charge < -0.3 is 5.32 Å². The van der Waals surface area contributed by atoms with Crippen molar-refractivity contribution in [1.29, 1.82) is 0 Å². The highest BCUT2D eigenvalue weighted by molar-refractivity contribution is 7.87. The molecule has 0 amide bonds. The molecule has 21 heavy (non-hydrogen) atoms. The van der Waals surface area contributed by atoms with Gasteiger partial charge in [-0.3, -0.25) is 0 Å². The predicted octanol–water partition coefficient (Wildman–Crippen LogP) is 1.97. The maximum absolute atomic E-state index is 12.4. The van der Waals surface area contributed by atoms with E-state index >= 15 is 0 Å². The van der Waals surface area contributed by atoms with Crippen molar-refractivity contribution in [3.63, 3.8) is 0 Å². The Balaban J connectivity index is 2.45. The zero-order valence-corrected chi connectivity index (χ0v) is 15.1. The Morgan fingerprint density at radius 1 is 1.24 bits per heavy atom. The molecule has 1 heterocycles. The van der Waals surface area contributed by atoms with Crippen LogP contribution in [0, 0.1) is 11.3 Å². The Bertz CT molecular complexity index is 396. The molecule has 126 valence electrons. The Morgan fingerprint density at radius 3 is 2.29 bits per heavy atom. The molecule has 0 aromatic heterocycles. The van der Waals surface area contributed by atoms with Gasteiger partial charge in [-0.15, -0.1) is 0 Å². The summed E-state index contributed by atoms with van der Waals surface area (Å²) in [6, 6.07) is -0.0774. The van der Waals surface area contributed by atoms with Gasteiger partial charge in [-0.1, -0.05) is 27.7 Å². The van der Waals surface area contributed by atoms with Crippen LogP contribution in [-0.4, -0.2) is 44.9 Å². The van der Waals surface area contributed by atoms with Gasteiger partial charge in [0.05, 0.1) is 0 Å². The average Bonchev–Trinajstić information content (AvgIpc) is 2.38. The smallest absolute Gasteiger partial charge is 0.279 e. The lowest BCUT2D eigenvalue weighted by molar-refractivity contribution is 0.256. The van der Waals surface area contributed by atoms with Crippen molar-refractivity contribution in [1.82, 2.24) is 14.3 Å². The van der Waals surface area contributed by atoms with E-state index in [1.165, 1.54) is 0 Å². The van der Waals surface area contributed by atoms with Gasteiger partial charge in [0, 0.05) is 19.1 Å². The lowest BCUT2D eigenvalue weighted by Gasteiger charge is -2.34. The minimum atomic E-state index is -3.35. The Morgan fingerprint density at radius 2 is 1.81 bits per heavy atom. The first-order valence-electron chi connectivity index (χ1n) is 8.15. The van der Waals surface area contributed by atoms with Gasteiger partial charge in [0.1, 0.15) is 0 Å². The summed E-state index contributed by atoms with van der Waals surface area (Å²) in [5.41, 5.74) is -0.0739. The van der Waals surface area contributed by atoms with Crippen molar-refractivity contribution in [2.45, 2.75) is 59.9 Å². The number of nitrogens with one attached hydrogen (secondary N) is 2. The van der Waals surface area contributed by atoms with Crippen LogP contribution < -0.4 is 10.0 Å². The highest BCUT2D eigenvalue weighted by Crippen LogP contribution is 2.22. The van der Waals surface area contributed by atoms with E-state index in [4.69, 9.17) is 0 Å². The molecule has 2 N–H and O–H groups in total. The van der Waals surface area contributed by atoms with Crippen LogP contribution in [0.2, 0.25) is 0 Å². The Kier molecular flexibility index (Phi) is 7.10. The molecule has 1 unspecified atom stereocenters. The molecule has 1 aliphatic heterocycles. The minimum Gasteiger partial charge on any atom is -0.316 e. The second kappa shape index (κ2) is 7.90. The van der Waals surface area contributed by atoms with Crippen molar-refractivity contribution in [3.05, 3.63) is 0 Å². The highest BCUT2D eigenvalue weighted by atomic mass is 32.2. The summed E-state index contributed by atoms with van der Waals surface area (Å²) in [4.78, 5) is 0. The van der Waals surface area contributed by atoms with Crippen LogP contribution in [0.25, 0.3) is 0 Å². The average molecular weight is 320 g/mol. The molecule has 0 bridgehead atoms. The van der Waals surface area contributed by atoms with E-state index in [0.29, 0.717) is 19.0 Å². The number of hydrogen-bond donors (Lipinski definition) is 2. The first kappa shape index (κ1) is 18.9. The second-order valence-electron chi connectivity index (χ2n) is 7.26. The summed E-state index contributed by atoms with van der Waals surface area (Å²) in [7, 11) is -3.35. The largest absolute Gasteiger partial charge is 0.316 e. The van der Waals surface area contributed by atoms with E-state index < -0.39 is 10.2 Å². The van der Waals surface area contributed by atoms with Crippen molar-refractivity contribution in [2.75, 3.05) is 26.2 Å². The van der Waals surface area contributed by atoms with E-state index in [2.05, 4.69) is 17.0 Å². The maximum Gasteiger partial charge on any atom is 0.279 e. The summed E-state index contributed by atoms with van der Waals surface area (Å²) in [6.45, 7) is 13.5. The molecule has 0 saturated carbocycles. The fourth-order valence-electron chi connectivity index (χ4n) is 2.31. The van der Waals surface area contributed by atoms with Gasteiger partial charge in [0.2, 0.25) is 0 Å². The molecule has 1 atom stereocenters. The molecule has 0 aliphatic carbocycles. The van der Waals surface area contributed by atoms with Crippen molar-refractivity contribution >= 4 is 10.2 Å². The van der Waals surface area contributed by atoms with Crippen LogP contribution in [-0.2, 0) is 10.2 Å². The molecule has 6 heteroatoms. The monoisotopic (exact) mass is 319 g/mol. The van der Waals surface area contributed by atoms with Gasteiger partial charge in [-0.2, -0.15) is 17.4 Å². The van der Waals surface area contributed by atoms with Crippen LogP contribution in [0.5, 0.6) is 0 Å². The topological polar surface area (TPSA) is 61.4 Å². The molecule has 5 nitrogen and oxygen atoms in total. The van der Waals surface area contributed by atoms with Crippen LogP contribution in [0.3, 0.4) is 0 Å². The minimum absolute atomic E-state index is 0.0739. The number of rotatable bonds is 7. The zero-order valence-electron chi connectivity index (χ0n) is 14.3. The van der Waals surface area contributed by atoms with Gasteiger partial charge in [-0.05, 0) is 50.6 Å². The van der Waals surface area contributed by atoms with Crippen LogP contribution >= 0.6 is 0 Å². The molecule has 0 spiro atoms. The predicted molar refractivity (Wildman–Crippen MR) is 88.4 cm³/mol. The van der Waals surface area contributed by atoms with Gasteiger partial charge >= 0.3 is 0 Å². The fraction of sp³-hybridized carbons (Fsp3) is 1.00. The Hall–Kier alpha value is -0.170. The molecule has 1 fully saturated rings. The Labute approximate surface area is 131 Å². The highest BCUT2D eigenvalue weighted by Gasteiger charge is 2.31.